The molecule has 0 amide bonds. The molecule has 0 saturated carbocycles. The minimum absolute atomic E-state index is 0. The molecule has 7 nitrogen and oxygen atoms in total. The summed E-state index contributed by atoms with van der Waals surface area (Å²) in [6, 6.07) is 7.83. The van der Waals surface area contributed by atoms with Crippen molar-refractivity contribution in [2.75, 3.05) is 19.3 Å². The number of guanidine groups is 1. The van der Waals surface area contributed by atoms with Gasteiger partial charge in [-0.25, -0.2) is 9.07 Å². The maximum absolute atomic E-state index is 13.0. The molecular formula is C15H19FIN7. The summed E-state index contributed by atoms with van der Waals surface area (Å²) >= 11 is 0. The van der Waals surface area contributed by atoms with Crippen LogP contribution in [0, 0.1) is 17.1 Å². The lowest BCUT2D eigenvalue weighted by atomic mass is 10.1. The van der Waals surface area contributed by atoms with Crippen molar-refractivity contribution in [3.05, 3.63) is 41.3 Å². The molecule has 0 fully saturated rings. The van der Waals surface area contributed by atoms with Gasteiger partial charge in [0.1, 0.15) is 23.3 Å². The molecule has 0 aliphatic heterocycles. The van der Waals surface area contributed by atoms with E-state index in [9.17, 15) is 9.65 Å². The standard InChI is InChI=1S/C15H18FN7.HI/c1-20-15(19)21-8-2-3-13-12(9-17)14(18)23(22-13)11-6-4-10(16)5-7-11;/h4-7H,2-3,8,18H2,1H3,(H3,19,20,21);1H. The zero-order valence-electron chi connectivity index (χ0n) is 13.2. The van der Waals surface area contributed by atoms with Gasteiger partial charge >= 0.3 is 0 Å². The summed E-state index contributed by atoms with van der Waals surface area (Å²) in [6.07, 6.45) is 1.27. The molecule has 0 saturated heterocycles. The highest BCUT2D eigenvalue weighted by Crippen LogP contribution is 2.21. The number of benzene rings is 1. The van der Waals surface area contributed by atoms with Gasteiger partial charge in [-0.15, -0.1) is 24.0 Å². The molecule has 9 heteroatoms. The van der Waals surface area contributed by atoms with Gasteiger partial charge in [-0.2, -0.15) is 10.4 Å². The number of aliphatic imine (C=N–C) groups is 1. The Hall–Kier alpha value is -2.35. The zero-order chi connectivity index (χ0) is 16.8. The number of hydrogen-bond acceptors (Lipinski definition) is 4. The Balaban J connectivity index is 0.00000288. The highest BCUT2D eigenvalue weighted by Gasteiger charge is 2.16. The van der Waals surface area contributed by atoms with Crippen molar-refractivity contribution < 1.29 is 4.39 Å². The Kier molecular flexibility index (Phi) is 7.44. The third-order valence-corrected chi connectivity index (χ3v) is 3.31. The molecule has 0 spiro atoms. The number of hydrogen-bond donors (Lipinski definition) is 3. The number of nitrogens with zero attached hydrogens (tertiary/aromatic N) is 4. The van der Waals surface area contributed by atoms with Crippen LogP contribution >= 0.6 is 24.0 Å². The number of aryl methyl sites for hydroxylation is 1. The lowest BCUT2D eigenvalue weighted by Crippen LogP contribution is -2.32. The lowest BCUT2D eigenvalue weighted by Gasteiger charge is -2.03. The summed E-state index contributed by atoms with van der Waals surface area (Å²) in [6.45, 7) is 0.608. The molecule has 2 rings (SSSR count). The van der Waals surface area contributed by atoms with Crippen molar-refractivity contribution in [2.24, 2.45) is 10.7 Å². The summed E-state index contributed by atoms with van der Waals surface area (Å²) < 4.78 is 14.5. The Bertz CT molecular complexity index is 746. The van der Waals surface area contributed by atoms with Crippen molar-refractivity contribution in [2.45, 2.75) is 12.8 Å². The number of nitrogens with two attached hydrogens (primary N) is 2. The van der Waals surface area contributed by atoms with E-state index in [1.165, 1.54) is 16.8 Å². The van der Waals surface area contributed by atoms with Crippen molar-refractivity contribution in [3.63, 3.8) is 0 Å². The number of nitriles is 1. The third-order valence-electron chi connectivity index (χ3n) is 3.31. The van der Waals surface area contributed by atoms with E-state index in [0.717, 1.165) is 0 Å². The quantitative estimate of drug-likeness (QED) is 0.281. The minimum Gasteiger partial charge on any atom is -0.382 e. The Morgan fingerprint density at radius 1 is 1.42 bits per heavy atom. The van der Waals surface area contributed by atoms with E-state index in [-0.39, 0.29) is 35.6 Å². The van der Waals surface area contributed by atoms with E-state index < -0.39 is 0 Å². The van der Waals surface area contributed by atoms with Gasteiger partial charge in [-0.05, 0) is 37.1 Å². The van der Waals surface area contributed by atoms with Gasteiger partial charge < -0.3 is 16.8 Å². The SMILES string of the molecule is CN=C(N)NCCCc1nn(-c2ccc(F)cc2)c(N)c1C#N.I. The van der Waals surface area contributed by atoms with Crippen LogP contribution in [0.2, 0.25) is 0 Å². The van der Waals surface area contributed by atoms with E-state index >= 15 is 0 Å². The second kappa shape index (κ2) is 9.07. The van der Waals surface area contributed by atoms with Crippen LogP contribution in [0.1, 0.15) is 17.7 Å². The van der Waals surface area contributed by atoms with Gasteiger partial charge in [0.2, 0.25) is 0 Å². The first kappa shape index (κ1) is 19.7. The van der Waals surface area contributed by atoms with Crippen LogP contribution in [-0.4, -0.2) is 29.3 Å². The predicted octanol–water partition coefficient (Wildman–Crippen LogP) is 1.55. The third kappa shape index (κ3) is 4.58. The van der Waals surface area contributed by atoms with Crippen LogP contribution in [0.15, 0.2) is 29.3 Å². The average molecular weight is 443 g/mol. The average Bonchev–Trinajstić information content (AvgIpc) is 2.87. The summed E-state index contributed by atoms with van der Waals surface area (Å²) in [5.74, 6) is 0.264. The number of halogens is 2. The second-order valence-corrected chi connectivity index (χ2v) is 4.85. The number of rotatable bonds is 5. The van der Waals surface area contributed by atoms with Crippen LogP contribution in [0.25, 0.3) is 5.69 Å². The molecule has 0 unspecified atom stereocenters. The largest absolute Gasteiger partial charge is 0.382 e. The van der Waals surface area contributed by atoms with E-state index in [1.807, 2.05) is 0 Å². The summed E-state index contributed by atoms with van der Waals surface area (Å²) in [5.41, 5.74) is 13.1. The van der Waals surface area contributed by atoms with Crippen LogP contribution in [0.4, 0.5) is 10.2 Å². The molecule has 1 aromatic heterocycles. The van der Waals surface area contributed by atoms with Crippen LogP contribution in [0.3, 0.4) is 0 Å². The monoisotopic (exact) mass is 443 g/mol. The predicted molar refractivity (Wildman–Crippen MR) is 102 cm³/mol. The van der Waals surface area contributed by atoms with Crippen molar-refractivity contribution in [3.8, 4) is 11.8 Å². The number of nitrogens with one attached hydrogen (secondary N) is 1. The first-order chi connectivity index (χ1) is 11.1. The van der Waals surface area contributed by atoms with E-state index in [2.05, 4.69) is 21.5 Å². The second-order valence-electron chi connectivity index (χ2n) is 4.85. The van der Waals surface area contributed by atoms with Crippen molar-refractivity contribution >= 4 is 35.8 Å². The van der Waals surface area contributed by atoms with Gasteiger partial charge in [0.15, 0.2) is 5.96 Å². The Morgan fingerprint density at radius 3 is 2.67 bits per heavy atom. The molecule has 0 aliphatic carbocycles. The van der Waals surface area contributed by atoms with Gasteiger partial charge in [-0.1, -0.05) is 0 Å². The van der Waals surface area contributed by atoms with E-state index in [1.54, 1.807) is 19.2 Å². The number of aromatic nitrogens is 2. The topological polar surface area (TPSA) is 118 Å². The van der Waals surface area contributed by atoms with Crippen LogP contribution in [0.5, 0.6) is 0 Å². The highest BCUT2D eigenvalue weighted by atomic mass is 127. The fourth-order valence-electron chi connectivity index (χ4n) is 2.11. The Morgan fingerprint density at radius 2 is 2.08 bits per heavy atom. The van der Waals surface area contributed by atoms with Gasteiger partial charge in [0.05, 0.1) is 11.4 Å². The molecule has 24 heavy (non-hydrogen) atoms. The maximum atomic E-state index is 13.0. The summed E-state index contributed by atoms with van der Waals surface area (Å²) in [7, 11) is 1.60. The number of nitrogen functional groups attached to an aromatic ring is 1. The summed E-state index contributed by atoms with van der Waals surface area (Å²) in [5, 5.41) is 16.6. The smallest absolute Gasteiger partial charge is 0.188 e. The minimum atomic E-state index is -0.346. The molecule has 0 atom stereocenters. The molecular weight excluding hydrogens is 424 g/mol. The van der Waals surface area contributed by atoms with Gasteiger partial charge in [-0.3, -0.25) is 4.99 Å². The van der Waals surface area contributed by atoms with Gasteiger partial charge in [0, 0.05) is 13.6 Å². The first-order valence-corrected chi connectivity index (χ1v) is 7.06. The molecule has 1 heterocycles. The van der Waals surface area contributed by atoms with Crippen LogP contribution < -0.4 is 16.8 Å². The normalized spacial score (nSPS) is 10.8. The lowest BCUT2D eigenvalue weighted by molar-refractivity contribution is 0.627. The van der Waals surface area contributed by atoms with Gasteiger partial charge in [0.25, 0.3) is 0 Å². The van der Waals surface area contributed by atoms with E-state index in [0.29, 0.717) is 42.3 Å². The molecule has 0 radical (unpaired) electrons. The molecule has 0 bridgehead atoms. The van der Waals surface area contributed by atoms with E-state index in [4.69, 9.17) is 11.5 Å². The highest BCUT2D eigenvalue weighted by molar-refractivity contribution is 14.0. The molecule has 2 aromatic rings. The number of anilines is 1. The van der Waals surface area contributed by atoms with Crippen molar-refractivity contribution in [1.29, 1.82) is 5.26 Å². The Labute approximate surface area is 156 Å². The molecule has 1 aromatic carbocycles. The van der Waals surface area contributed by atoms with Crippen molar-refractivity contribution in [1.82, 2.24) is 15.1 Å². The zero-order valence-corrected chi connectivity index (χ0v) is 15.5. The first-order valence-electron chi connectivity index (χ1n) is 7.06. The molecule has 0 aliphatic rings. The fraction of sp³-hybridized carbons (Fsp3) is 0.267. The van der Waals surface area contributed by atoms with Crippen LogP contribution in [-0.2, 0) is 6.42 Å². The maximum Gasteiger partial charge on any atom is 0.188 e. The summed E-state index contributed by atoms with van der Waals surface area (Å²) in [4.78, 5) is 3.79. The fourth-order valence-corrected chi connectivity index (χ4v) is 2.11. The molecule has 5 N–H and O–H groups in total. The molecule has 128 valence electrons.